The third kappa shape index (κ3) is 3.01. The fourth-order valence-electron chi connectivity index (χ4n) is 4.57. The van der Waals surface area contributed by atoms with Gasteiger partial charge in [-0.3, -0.25) is 14.3 Å². The SMILES string of the molecule is O=c1/c(=C/c2cccnc2)sc2n1[C@H](c1ccccc1)C1=C(N=2)c2ccccc2CC1. The highest BCUT2D eigenvalue weighted by Crippen LogP contribution is 2.41. The summed E-state index contributed by atoms with van der Waals surface area (Å²) in [4.78, 5) is 23.5. The topological polar surface area (TPSA) is 47.2 Å². The number of fused-ring (bicyclic) bond motifs is 3. The third-order valence-electron chi connectivity index (χ3n) is 5.97. The van der Waals surface area contributed by atoms with Crippen LogP contribution < -0.4 is 14.9 Å². The Labute approximate surface area is 183 Å². The van der Waals surface area contributed by atoms with Crippen LogP contribution in [0.2, 0.25) is 0 Å². The van der Waals surface area contributed by atoms with Gasteiger partial charge in [0.05, 0.1) is 16.3 Å². The first-order chi connectivity index (χ1) is 15.3. The highest BCUT2D eigenvalue weighted by atomic mass is 32.1. The van der Waals surface area contributed by atoms with E-state index in [0.717, 1.165) is 34.5 Å². The van der Waals surface area contributed by atoms with Crippen LogP contribution in [0.5, 0.6) is 0 Å². The van der Waals surface area contributed by atoms with Crippen molar-refractivity contribution >= 4 is 23.1 Å². The van der Waals surface area contributed by atoms with Gasteiger partial charge in [0, 0.05) is 18.0 Å². The maximum absolute atomic E-state index is 13.6. The van der Waals surface area contributed by atoms with Gasteiger partial charge in [-0.15, -0.1) is 0 Å². The van der Waals surface area contributed by atoms with Crippen molar-refractivity contribution in [3.05, 3.63) is 127 Å². The second kappa shape index (κ2) is 7.29. The molecule has 0 spiro atoms. The fraction of sp³-hybridized carbons (Fsp3) is 0.115. The predicted molar refractivity (Wildman–Crippen MR) is 123 cm³/mol. The lowest BCUT2D eigenvalue weighted by atomic mass is 9.83. The molecule has 6 rings (SSSR count). The van der Waals surface area contributed by atoms with Crippen molar-refractivity contribution < 1.29 is 0 Å². The zero-order valence-electron chi connectivity index (χ0n) is 16.7. The zero-order valence-corrected chi connectivity index (χ0v) is 17.5. The molecule has 4 nitrogen and oxygen atoms in total. The molecule has 0 unspecified atom stereocenters. The van der Waals surface area contributed by atoms with Gasteiger partial charge in [0.2, 0.25) is 0 Å². The first-order valence-corrected chi connectivity index (χ1v) is 11.2. The number of thiazole rings is 1. The van der Waals surface area contributed by atoms with Gasteiger partial charge in [-0.05, 0) is 47.2 Å². The van der Waals surface area contributed by atoms with Crippen LogP contribution >= 0.6 is 11.3 Å². The number of nitrogens with zero attached hydrogens (tertiary/aromatic N) is 3. The number of rotatable bonds is 2. The van der Waals surface area contributed by atoms with Crippen LogP contribution in [0.4, 0.5) is 0 Å². The second-order valence-electron chi connectivity index (χ2n) is 7.81. The summed E-state index contributed by atoms with van der Waals surface area (Å²) < 4.78 is 2.57. The van der Waals surface area contributed by atoms with Crippen molar-refractivity contribution in [2.75, 3.05) is 0 Å². The van der Waals surface area contributed by atoms with Crippen molar-refractivity contribution in [1.29, 1.82) is 0 Å². The molecule has 2 aromatic heterocycles. The molecule has 1 aliphatic heterocycles. The van der Waals surface area contributed by atoms with Gasteiger partial charge in [0.1, 0.15) is 0 Å². The normalized spacial score (nSPS) is 17.5. The van der Waals surface area contributed by atoms with E-state index in [1.54, 1.807) is 12.4 Å². The number of hydrogen-bond donors (Lipinski definition) is 0. The molecule has 0 radical (unpaired) electrons. The highest BCUT2D eigenvalue weighted by Gasteiger charge is 2.32. The number of benzene rings is 2. The van der Waals surface area contributed by atoms with E-state index in [1.165, 1.54) is 28.0 Å². The standard InChI is InChI=1S/C26H19N3OS/c30-25-22(15-17-7-6-14-27-16-17)31-26-28-23-20-11-5-4-8-18(20)12-13-21(23)24(29(25)26)19-9-2-1-3-10-19/h1-11,14-16,24H,12-13H2/b22-15-/t24-/m1/s1. The lowest BCUT2D eigenvalue weighted by molar-refractivity contribution is 0.585. The Morgan fingerprint density at radius 1 is 0.968 bits per heavy atom. The van der Waals surface area contributed by atoms with Crippen LogP contribution in [0.15, 0.2) is 94.5 Å². The Morgan fingerprint density at radius 2 is 1.81 bits per heavy atom. The van der Waals surface area contributed by atoms with Crippen LogP contribution in [0.25, 0.3) is 11.8 Å². The summed E-state index contributed by atoms with van der Waals surface area (Å²) in [6.45, 7) is 0. The molecule has 4 aromatic rings. The molecule has 1 aliphatic carbocycles. The molecule has 0 N–H and O–H groups in total. The molecule has 150 valence electrons. The quantitative estimate of drug-likeness (QED) is 0.495. The van der Waals surface area contributed by atoms with E-state index in [-0.39, 0.29) is 11.6 Å². The molecule has 3 heterocycles. The summed E-state index contributed by atoms with van der Waals surface area (Å²) >= 11 is 1.45. The van der Waals surface area contributed by atoms with Gasteiger partial charge in [0.15, 0.2) is 4.80 Å². The number of pyridine rings is 1. The second-order valence-corrected chi connectivity index (χ2v) is 8.82. The zero-order chi connectivity index (χ0) is 20.8. The average Bonchev–Trinajstić information content (AvgIpc) is 3.13. The smallest absolute Gasteiger partial charge is 0.271 e. The van der Waals surface area contributed by atoms with Gasteiger partial charge in [-0.25, -0.2) is 4.99 Å². The van der Waals surface area contributed by atoms with Crippen molar-refractivity contribution in [2.24, 2.45) is 4.99 Å². The lowest BCUT2D eigenvalue weighted by Crippen LogP contribution is -2.38. The first-order valence-electron chi connectivity index (χ1n) is 10.4. The molecule has 0 fully saturated rings. The summed E-state index contributed by atoms with van der Waals surface area (Å²) in [7, 11) is 0. The fourth-order valence-corrected chi connectivity index (χ4v) is 5.57. The summed E-state index contributed by atoms with van der Waals surface area (Å²) in [5.41, 5.74) is 6.82. The molecule has 5 heteroatoms. The lowest BCUT2D eigenvalue weighted by Gasteiger charge is -2.30. The van der Waals surface area contributed by atoms with Crippen molar-refractivity contribution in [3.8, 4) is 0 Å². The Hall–Kier alpha value is -3.57. The van der Waals surface area contributed by atoms with Gasteiger partial charge in [0.25, 0.3) is 5.56 Å². The van der Waals surface area contributed by atoms with E-state index in [9.17, 15) is 4.79 Å². The Kier molecular flexibility index (Phi) is 4.28. The summed E-state index contributed by atoms with van der Waals surface area (Å²) in [5.74, 6) is 0. The number of hydrogen-bond acceptors (Lipinski definition) is 4. The van der Waals surface area contributed by atoms with Crippen molar-refractivity contribution in [1.82, 2.24) is 9.55 Å². The summed E-state index contributed by atoms with van der Waals surface area (Å²) in [6.07, 6.45) is 7.29. The first kappa shape index (κ1) is 18.2. The monoisotopic (exact) mass is 421 g/mol. The Balaban J connectivity index is 1.65. The molecule has 2 aromatic carbocycles. The van der Waals surface area contributed by atoms with E-state index in [1.807, 2.05) is 41.0 Å². The van der Waals surface area contributed by atoms with Crippen molar-refractivity contribution in [2.45, 2.75) is 18.9 Å². The number of aryl methyl sites for hydroxylation is 1. The molecule has 2 aliphatic rings. The van der Waals surface area contributed by atoms with Gasteiger partial charge < -0.3 is 0 Å². The number of allylic oxidation sites excluding steroid dienone is 1. The minimum absolute atomic E-state index is 0.00636. The van der Waals surface area contributed by atoms with E-state index in [4.69, 9.17) is 4.99 Å². The molecule has 1 atom stereocenters. The van der Waals surface area contributed by atoms with Crippen LogP contribution in [-0.4, -0.2) is 9.55 Å². The largest absolute Gasteiger partial charge is 0.272 e. The maximum Gasteiger partial charge on any atom is 0.271 e. The maximum atomic E-state index is 13.6. The molecule has 0 bridgehead atoms. The van der Waals surface area contributed by atoms with E-state index in [0.29, 0.717) is 4.53 Å². The highest BCUT2D eigenvalue weighted by molar-refractivity contribution is 7.07. The van der Waals surface area contributed by atoms with Crippen LogP contribution in [0.3, 0.4) is 0 Å². The minimum atomic E-state index is -0.128. The summed E-state index contributed by atoms with van der Waals surface area (Å²) in [5, 5.41) is 0. The van der Waals surface area contributed by atoms with Gasteiger partial charge in [-0.2, -0.15) is 0 Å². The molecular weight excluding hydrogens is 402 g/mol. The van der Waals surface area contributed by atoms with Crippen LogP contribution in [0.1, 0.15) is 34.7 Å². The van der Waals surface area contributed by atoms with Crippen LogP contribution in [-0.2, 0) is 6.42 Å². The molecule has 31 heavy (non-hydrogen) atoms. The van der Waals surface area contributed by atoms with Crippen LogP contribution in [0, 0.1) is 0 Å². The Bertz CT molecular complexity index is 1500. The Morgan fingerprint density at radius 3 is 2.65 bits per heavy atom. The molecule has 0 saturated carbocycles. The average molecular weight is 422 g/mol. The summed E-state index contributed by atoms with van der Waals surface area (Å²) in [6, 6.07) is 22.5. The molecular formula is C26H19N3OS. The van der Waals surface area contributed by atoms with Crippen molar-refractivity contribution in [3.63, 3.8) is 0 Å². The van der Waals surface area contributed by atoms with E-state index >= 15 is 0 Å². The van der Waals surface area contributed by atoms with Gasteiger partial charge in [-0.1, -0.05) is 72.0 Å². The van der Waals surface area contributed by atoms with Gasteiger partial charge >= 0.3 is 0 Å². The minimum Gasteiger partial charge on any atom is -0.272 e. The van der Waals surface area contributed by atoms with E-state index < -0.39 is 0 Å². The molecule has 0 amide bonds. The molecule has 0 saturated heterocycles. The predicted octanol–water partition coefficient (Wildman–Crippen LogP) is 3.71. The number of aromatic nitrogens is 2. The third-order valence-corrected chi connectivity index (χ3v) is 6.95. The van der Waals surface area contributed by atoms with E-state index in [2.05, 4.69) is 41.4 Å².